The van der Waals surface area contributed by atoms with E-state index in [0.717, 1.165) is 4.58 Å². The normalized spacial score (nSPS) is 38.2. The summed E-state index contributed by atoms with van der Waals surface area (Å²) in [4.78, 5) is 23.4. The number of carboxylic acids is 1. The van der Waals surface area contributed by atoms with Crippen LogP contribution in [-0.2, 0) is 23.8 Å². The van der Waals surface area contributed by atoms with Gasteiger partial charge in [-0.05, 0) is 13.8 Å². The van der Waals surface area contributed by atoms with Crippen molar-refractivity contribution in [2.45, 2.75) is 45.1 Å². The van der Waals surface area contributed by atoms with E-state index in [4.69, 9.17) is 19.3 Å². The van der Waals surface area contributed by atoms with Crippen LogP contribution < -0.4 is 0 Å². The van der Waals surface area contributed by atoms with Gasteiger partial charge < -0.3 is 19.3 Å². The lowest BCUT2D eigenvalue weighted by molar-refractivity contribution is -0.435. The molecule has 0 spiro atoms. The highest BCUT2D eigenvalue weighted by Crippen LogP contribution is 2.44. The van der Waals surface area contributed by atoms with Gasteiger partial charge in [0.15, 0.2) is 23.9 Å². The molecule has 3 heterocycles. The topological polar surface area (TPSA) is 85.1 Å². The average Bonchev–Trinajstić information content (AvgIpc) is 3.01. The van der Waals surface area contributed by atoms with Crippen molar-refractivity contribution in [1.29, 1.82) is 0 Å². The molecule has 2 saturated heterocycles. The van der Waals surface area contributed by atoms with Crippen LogP contribution in [0.1, 0.15) is 20.8 Å². The van der Waals surface area contributed by atoms with Crippen LogP contribution in [0, 0.1) is 11.8 Å². The monoisotopic (exact) mass is 322 g/mol. The summed E-state index contributed by atoms with van der Waals surface area (Å²) in [6.45, 7) is 8.83. The number of nitrogens with zero attached hydrogens (tertiary/aromatic N) is 1. The second-order valence-corrected chi connectivity index (χ2v) is 6.50. The van der Waals surface area contributed by atoms with Crippen molar-refractivity contribution in [3.8, 4) is 0 Å². The van der Waals surface area contributed by atoms with Crippen LogP contribution in [0.4, 0.5) is 0 Å². The Labute approximate surface area is 133 Å². The minimum absolute atomic E-state index is 0.0859. The lowest BCUT2D eigenvalue weighted by Crippen LogP contribution is -2.39. The van der Waals surface area contributed by atoms with E-state index < -0.39 is 36.6 Å². The van der Waals surface area contributed by atoms with Crippen LogP contribution in [0.25, 0.3) is 0 Å². The molecule has 1 amide bonds. The van der Waals surface area contributed by atoms with Crippen LogP contribution in [-0.4, -0.2) is 58.3 Å². The van der Waals surface area contributed by atoms with Gasteiger partial charge in [-0.25, -0.2) is 9.59 Å². The summed E-state index contributed by atoms with van der Waals surface area (Å²) in [6, 6.07) is 0. The average molecular weight is 322 g/mol. The van der Waals surface area contributed by atoms with Gasteiger partial charge in [-0.1, -0.05) is 19.6 Å². The van der Waals surface area contributed by atoms with Crippen molar-refractivity contribution in [2.24, 2.45) is 11.8 Å². The molecule has 0 radical (unpaired) electrons. The quantitative estimate of drug-likeness (QED) is 0.760. The molecule has 0 bridgehead atoms. The Hall–Kier alpha value is -1.79. The van der Waals surface area contributed by atoms with Gasteiger partial charge in [0.25, 0.3) is 6.54 Å². The highest BCUT2D eigenvalue weighted by Gasteiger charge is 2.58. The Morgan fingerprint density at radius 1 is 1.43 bits per heavy atom. The molecule has 0 aliphatic carbocycles. The summed E-state index contributed by atoms with van der Waals surface area (Å²) in [7, 11) is 0. The fourth-order valence-corrected chi connectivity index (χ4v) is 3.39. The van der Waals surface area contributed by atoms with Gasteiger partial charge in [0.05, 0.1) is 11.7 Å². The third-order valence-electron chi connectivity index (χ3n) is 4.39. The number of carbonyl (C=O) groups is 2. The molecule has 3 aliphatic rings. The molecule has 7 nitrogen and oxygen atoms in total. The number of allylic oxidation sites excluding steroid dienone is 1. The number of hydrogen-bond donors (Lipinski definition) is 1. The molecule has 23 heavy (non-hydrogen) atoms. The first kappa shape index (κ1) is 16.1. The Kier molecular flexibility index (Phi) is 3.77. The van der Waals surface area contributed by atoms with Crippen molar-refractivity contribution >= 4 is 17.7 Å². The van der Waals surface area contributed by atoms with Crippen molar-refractivity contribution in [3.05, 3.63) is 18.2 Å². The molecule has 0 aromatic heterocycles. The standard InChI is InChI=1S/C16H19NO6/c1-5-9-6-17(7-10(18)19)14(20)11(9)12-8(2)13-15(21-12)23-16(3,4)22-13/h5,8,11-13,15H,1,7H2,2-4H3/p+1. The molecular formula is C16H20NO6+. The van der Waals surface area contributed by atoms with Gasteiger partial charge in [-0.2, -0.15) is 0 Å². The molecular weight excluding hydrogens is 302 g/mol. The summed E-state index contributed by atoms with van der Waals surface area (Å²) in [5.74, 6) is -0.0919. The molecule has 1 N–H and O–H groups in total. The van der Waals surface area contributed by atoms with E-state index in [9.17, 15) is 9.59 Å². The molecule has 3 rings (SSSR count). The Balaban J connectivity index is 1.82. The summed E-state index contributed by atoms with van der Waals surface area (Å²) in [5, 5.41) is 8.90. The first-order valence-corrected chi connectivity index (χ1v) is 7.53. The second-order valence-electron chi connectivity index (χ2n) is 6.50. The molecule has 7 heteroatoms. The van der Waals surface area contributed by atoms with Crippen LogP contribution in [0.5, 0.6) is 0 Å². The van der Waals surface area contributed by atoms with Crippen molar-refractivity contribution < 1.29 is 33.5 Å². The fraction of sp³-hybridized carbons (Fsp3) is 0.625. The maximum Gasteiger partial charge on any atom is 0.407 e. The number of amides is 1. The van der Waals surface area contributed by atoms with E-state index >= 15 is 0 Å². The molecule has 5 unspecified atom stereocenters. The molecule has 0 saturated carbocycles. The number of aliphatic carboxylic acids is 1. The predicted octanol–water partition coefficient (Wildman–Crippen LogP) is 0.534. The summed E-state index contributed by atoms with van der Waals surface area (Å²) < 4.78 is 18.5. The minimum Gasteiger partial charge on any atom is -0.477 e. The van der Waals surface area contributed by atoms with Crippen molar-refractivity contribution in [2.75, 3.05) is 6.54 Å². The van der Waals surface area contributed by atoms with Crippen LogP contribution in [0.3, 0.4) is 0 Å². The highest BCUT2D eigenvalue weighted by molar-refractivity contribution is 5.88. The third kappa shape index (κ3) is 2.66. The lowest BCUT2D eigenvalue weighted by atomic mass is 9.86. The zero-order chi connectivity index (χ0) is 16.9. The molecule has 2 fully saturated rings. The van der Waals surface area contributed by atoms with E-state index in [1.54, 1.807) is 0 Å². The van der Waals surface area contributed by atoms with Crippen LogP contribution in [0.2, 0.25) is 0 Å². The molecule has 0 aromatic carbocycles. The summed E-state index contributed by atoms with van der Waals surface area (Å²) >= 11 is 0. The largest absolute Gasteiger partial charge is 0.477 e. The number of carbonyl (C=O) groups excluding carboxylic acids is 1. The van der Waals surface area contributed by atoms with Gasteiger partial charge in [0.2, 0.25) is 0 Å². The predicted molar refractivity (Wildman–Crippen MR) is 77.8 cm³/mol. The number of ether oxygens (including phenoxy) is 3. The van der Waals surface area contributed by atoms with Crippen molar-refractivity contribution in [3.63, 3.8) is 0 Å². The first-order chi connectivity index (χ1) is 10.7. The van der Waals surface area contributed by atoms with E-state index in [-0.39, 0.29) is 17.9 Å². The Bertz CT molecular complexity index is 645. The van der Waals surface area contributed by atoms with E-state index in [2.05, 4.69) is 12.4 Å². The molecule has 5 atom stereocenters. The SMILES string of the molecule is C=CC1=C=[N+](CC(=O)O)C(=O)C1C1OC2OC(C)(C)OC2C1C. The summed E-state index contributed by atoms with van der Waals surface area (Å²) in [6.07, 6.45) is 0.257. The van der Waals surface area contributed by atoms with Crippen LogP contribution in [0.15, 0.2) is 18.2 Å². The molecule has 3 aliphatic heterocycles. The highest BCUT2D eigenvalue weighted by atomic mass is 16.8. The smallest absolute Gasteiger partial charge is 0.407 e. The second kappa shape index (κ2) is 5.39. The maximum absolute atomic E-state index is 12.6. The zero-order valence-corrected chi connectivity index (χ0v) is 13.3. The van der Waals surface area contributed by atoms with Gasteiger partial charge in [-0.15, -0.1) is 4.58 Å². The number of fused-ring (bicyclic) bond motifs is 1. The Morgan fingerprint density at radius 2 is 2.13 bits per heavy atom. The number of hydrogen-bond acceptors (Lipinski definition) is 5. The van der Waals surface area contributed by atoms with Gasteiger partial charge in [0.1, 0.15) is 6.10 Å². The number of rotatable bonds is 4. The first-order valence-electron chi connectivity index (χ1n) is 7.53. The van der Waals surface area contributed by atoms with Gasteiger partial charge >= 0.3 is 11.9 Å². The van der Waals surface area contributed by atoms with Crippen LogP contribution >= 0.6 is 0 Å². The van der Waals surface area contributed by atoms with Crippen molar-refractivity contribution in [1.82, 2.24) is 0 Å². The van der Waals surface area contributed by atoms with E-state index in [0.29, 0.717) is 5.57 Å². The maximum atomic E-state index is 12.6. The summed E-state index contributed by atoms with van der Waals surface area (Å²) in [5.41, 5.74) is 0.535. The molecule has 124 valence electrons. The van der Waals surface area contributed by atoms with E-state index in [1.807, 2.05) is 20.8 Å². The fourth-order valence-electron chi connectivity index (χ4n) is 3.39. The minimum atomic E-state index is -1.10. The van der Waals surface area contributed by atoms with Gasteiger partial charge in [-0.3, -0.25) is 0 Å². The molecule has 0 aromatic rings. The number of carboxylic acid groups (broad SMARTS) is 1. The Morgan fingerprint density at radius 3 is 2.70 bits per heavy atom. The zero-order valence-electron chi connectivity index (χ0n) is 13.3. The lowest BCUT2D eigenvalue weighted by Gasteiger charge is -2.25. The van der Waals surface area contributed by atoms with Gasteiger partial charge in [0, 0.05) is 5.92 Å². The van der Waals surface area contributed by atoms with E-state index in [1.165, 1.54) is 6.08 Å². The third-order valence-corrected chi connectivity index (χ3v) is 4.39.